The van der Waals surface area contributed by atoms with E-state index in [4.69, 9.17) is 18.9 Å². The van der Waals surface area contributed by atoms with Crippen LogP contribution in [-0.4, -0.2) is 44.2 Å². The average Bonchev–Trinajstić information content (AvgIpc) is 2.80. The van der Waals surface area contributed by atoms with Gasteiger partial charge in [0.1, 0.15) is 5.75 Å². The van der Waals surface area contributed by atoms with Gasteiger partial charge in [-0.15, -0.1) is 0 Å². The van der Waals surface area contributed by atoms with E-state index in [2.05, 4.69) is 4.98 Å². The van der Waals surface area contributed by atoms with Crippen molar-refractivity contribution in [3.05, 3.63) is 59.9 Å². The van der Waals surface area contributed by atoms with Crippen LogP contribution in [0, 0.1) is 0 Å². The molecule has 32 heavy (non-hydrogen) atoms. The molecule has 1 atom stereocenters. The summed E-state index contributed by atoms with van der Waals surface area (Å²) in [5.41, 5.74) is 0.894. The van der Waals surface area contributed by atoms with Gasteiger partial charge in [0, 0.05) is 17.1 Å². The molecule has 7 heteroatoms. The minimum atomic E-state index is -0.849. The van der Waals surface area contributed by atoms with Crippen LogP contribution in [0.2, 0.25) is 0 Å². The average molecular weight is 437 g/mol. The topological polar surface area (TPSA) is 84.0 Å². The third kappa shape index (κ3) is 4.99. The van der Waals surface area contributed by atoms with Crippen LogP contribution in [-0.2, 0) is 9.53 Å². The number of aromatic nitrogens is 1. The highest BCUT2D eigenvalue weighted by Gasteiger charge is 2.29. The number of carbonyl (C=O) groups excluding carboxylic acids is 2. The number of nitrogens with zero attached hydrogens (tertiary/aromatic N) is 1. The Kier molecular flexibility index (Phi) is 7.30. The molecule has 0 bridgehead atoms. The van der Waals surface area contributed by atoms with E-state index in [-0.39, 0.29) is 18.3 Å². The van der Waals surface area contributed by atoms with Crippen molar-refractivity contribution in [3.63, 3.8) is 0 Å². The summed E-state index contributed by atoms with van der Waals surface area (Å²) in [5, 5.41) is 1.51. The first-order valence-corrected chi connectivity index (χ1v) is 10.3. The van der Waals surface area contributed by atoms with Gasteiger partial charge in [-0.1, -0.05) is 12.1 Å². The highest BCUT2D eigenvalue weighted by atomic mass is 16.5. The highest BCUT2D eigenvalue weighted by Crippen LogP contribution is 2.37. The summed E-state index contributed by atoms with van der Waals surface area (Å²) in [4.78, 5) is 30.3. The maximum Gasteiger partial charge on any atom is 0.306 e. The predicted octanol–water partition coefficient (Wildman–Crippen LogP) is 4.57. The Morgan fingerprint density at radius 2 is 1.69 bits per heavy atom. The van der Waals surface area contributed by atoms with Gasteiger partial charge in [-0.05, 0) is 49.6 Å². The van der Waals surface area contributed by atoms with E-state index in [0.29, 0.717) is 33.9 Å². The zero-order valence-corrected chi connectivity index (χ0v) is 18.9. The molecule has 0 spiro atoms. The fraction of sp³-hybridized carbons (Fsp3) is 0.320. The summed E-state index contributed by atoms with van der Waals surface area (Å²) in [6.45, 7) is 3.83. The lowest BCUT2D eigenvalue weighted by Crippen LogP contribution is -2.19. The van der Waals surface area contributed by atoms with Gasteiger partial charge >= 0.3 is 5.97 Å². The molecule has 168 valence electrons. The van der Waals surface area contributed by atoms with Gasteiger partial charge in [0.25, 0.3) is 0 Å². The Hall–Kier alpha value is -3.61. The minimum Gasteiger partial charge on any atom is -0.493 e. The Balaban J connectivity index is 2.13. The smallest absolute Gasteiger partial charge is 0.306 e. The van der Waals surface area contributed by atoms with Gasteiger partial charge in [-0.25, -0.2) is 0 Å². The van der Waals surface area contributed by atoms with Crippen molar-refractivity contribution in [3.8, 4) is 17.2 Å². The van der Waals surface area contributed by atoms with Gasteiger partial charge in [0.2, 0.25) is 0 Å². The zero-order valence-electron chi connectivity index (χ0n) is 18.9. The van der Waals surface area contributed by atoms with Crippen LogP contribution < -0.4 is 14.2 Å². The molecule has 0 aliphatic heterocycles. The summed E-state index contributed by atoms with van der Waals surface area (Å²) < 4.78 is 21.4. The quantitative estimate of drug-likeness (QED) is 0.358. The number of ketones is 1. The molecule has 0 aliphatic rings. The van der Waals surface area contributed by atoms with Gasteiger partial charge in [0.05, 0.1) is 45.5 Å². The molecule has 0 saturated carbocycles. The number of pyridine rings is 1. The molecule has 0 N–H and O–H groups in total. The van der Waals surface area contributed by atoms with E-state index in [9.17, 15) is 9.59 Å². The van der Waals surface area contributed by atoms with Crippen molar-refractivity contribution in [1.82, 2.24) is 4.98 Å². The number of ether oxygens (including phenoxy) is 4. The van der Waals surface area contributed by atoms with Crippen molar-refractivity contribution in [1.29, 1.82) is 0 Å². The molecule has 7 nitrogen and oxygen atoms in total. The van der Waals surface area contributed by atoms with Gasteiger partial charge in [0.15, 0.2) is 17.3 Å². The Morgan fingerprint density at radius 3 is 2.34 bits per heavy atom. The third-order valence-corrected chi connectivity index (χ3v) is 5.03. The first kappa shape index (κ1) is 23.1. The molecular formula is C25H27NO6. The van der Waals surface area contributed by atoms with Crippen LogP contribution in [0.4, 0.5) is 0 Å². The molecule has 0 amide bonds. The number of fused-ring (bicyclic) bond motifs is 1. The van der Waals surface area contributed by atoms with Gasteiger partial charge in [-0.2, -0.15) is 0 Å². The van der Waals surface area contributed by atoms with Crippen LogP contribution >= 0.6 is 0 Å². The summed E-state index contributed by atoms with van der Waals surface area (Å²) in [7, 11) is 4.39. The second-order valence-corrected chi connectivity index (χ2v) is 7.52. The van der Waals surface area contributed by atoms with Crippen LogP contribution in [0.5, 0.6) is 17.2 Å². The predicted molar refractivity (Wildman–Crippen MR) is 121 cm³/mol. The zero-order chi connectivity index (χ0) is 23.3. The molecule has 0 aliphatic carbocycles. The minimum absolute atomic E-state index is 0.0339. The lowest BCUT2D eigenvalue weighted by atomic mass is 9.88. The third-order valence-electron chi connectivity index (χ3n) is 5.03. The molecule has 2 aromatic carbocycles. The van der Waals surface area contributed by atoms with Crippen molar-refractivity contribution < 1.29 is 28.5 Å². The number of benzene rings is 2. The molecule has 0 saturated heterocycles. The SMILES string of the molecule is COC(=O)CC(C(=O)c1cccc(OC(C)C)c1)c1nccc2cc(OC)c(OC)cc12. The van der Waals surface area contributed by atoms with Crippen molar-refractivity contribution in [2.75, 3.05) is 21.3 Å². The first-order chi connectivity index (χ1) is 15.4. The molecule has 3 rings (SSSR count). The van der Waals surface area contributed by atoms with Crippen LogP contribution in [0.15, 0.2) is 48.7 Å². The molecule has 0 radical (unpaired) electrons. The molecule has 1 unspecified atom stereocenters. The molecule has 0 fully saturated rings. The van der Waals surface area contributed by atoms with Crippen LogP contribution in [0.1, 0.15) is 42.2 Å². The van der Waals surface area contributed by atoms with Crippen LogP contribution in [0.3, 0.4) is 0 Å². The van der Waals surface area contributed by atoms with E-state index < -0.39 is 11.9 Å². The Labute approximate surface area is 187 Å². The summed E-state index contributed by atoms with van der Waals surface area (Å²) >= 11 is 0. The number of rotatable bonds is 9. The number of hydrogen-bond donors (Lipinski definition) is 0. The Bertz CT molecular complexity index is 1120. The second-order valence-electron chi connectivity index (χ2n) is 7.52. The number of Topliss-reactive ketones (excluding diaryl/α,β-unsaturated/α-hetero) is 1. The lowest BCUT2D eigenvalue weighted by molar-refractivity contribution is -0.140. The van der Waals surface area contributed by atoms with E-state index in [1.807, 2.05) is 26.0 Å². The normalized spacial score (nSPS) is 11.8. The van der Waals surface area contributed by atoms with Crippen molar-refractivity contribution in [2.45, 2.75) is 32.3 Å². The first-order valence-electron chi connectivity index (χ1n) is 10.3. The largest absolute Gasteiger partial charge is 0.493 e. The van der Waals surface area contributed by atoms with E-state index in [1.165, 1.54) is 14.2 Å². The number of carbonyl (C=O) groups is 2. The summed E-state index contributed by atoms with van der Waals surface area (Å²) in [6.07, 6.45) is 1.43. The fourth-order valence-electron chi connectivity index (χ4n) is 3.56. The monoisotopic (exact) mass is 437 g/mol. The van der Waals surface area contributed by atoms with E-state index in [0.717, 1.165) is 5.39 Å². The van der Waals surface area contributed by atoms with Crippen molar-refractivity contribution in [2.24, 2.45) is 0 Å². The summed E-state index contributed by atoms with van der Waals surface area (Å²) in [5.74, 6) is 0.0486. The van der Waals surface area contributed by atoms with Gasteiger partial charge < -0.3 is 18.9 Å². The Morgan fingerprint density at radius 1 is 0.969 bits per heavy atom. The fourth-order valence-corrected chi connectivity index (χ4v) is 3.56. The second kappa shape index (κ2) is 10.1. The maximum absolute atomic E-state index is 13.6. The molecular weight excluding hydrogens is 410 g/mol. The lowest BCUT2D eigenvalue weighted by Gasteiger charge is -2.18. The van der Waals surface area contributed by atoms with Gasteiger partial charge in [-0.3, -0.25) is 14.6 Å². The molecule has 1 aromatic heterocycles. The number of methoxy groups -OCH3 is 3. The van der Waals surface area contributed by atoms with Crippen LogP contribution in [0.25, 0.3) is 10.8 Å². The van der Waals surface area contributed by atoms with E-state index >= 15 is 0 Å². The number of esters is 1. The molecule has 3 aromatic rings. The number of hydrogen-bond acceptors (Lipinski definition) is 7. The maximum atomic E-state index is 13.6. The van der Waals surface area contributed by atoms with Crippen molar-refractivity contribution >= 4 is 22.5 Å². The van der Waals surface area contributed by atoms with E-state index in [1.54, 1.807) is 43.6 Å². The highest BCUT2D eigenvalue weighted by molar-refractivity contribution is 6.05. The molecule has 1 heterocycles. The standard InChI is InChI=1S/C25H27NO6/c1-15(2)32-18-8-6-7-17(11-18)25(28)20(14-23(27)31-5)24-19-13-22(30-4)21(29-3)12-16(19)9-10-26-24/h6-13,15,20H,14H2,1-5H3. The summed E-state index contributed by atoms with van der Waals surface area (Å²) in [6, 6.07) is 12.3.